The number of anilines is 1. The van der Waals surface area contributed by atoms with Gasteiger partial charge in [-0.15, -0.1) is 0 Å². The lowest BCUT2D eigenvalue weighted by molar-refractivity contribution is 0.0853. The smallest absolute Gasteiger partial charge is 0.270 e. The molecule has 0 aliphatic carbocycles. The van der Waals surface area contributed by atoms with Gasteiger partial charge >= 0.3 is 0 Å². The number of hydrogen-bond donors (Lipinski definition) is 2. The van der Waals surface area contributed by atoms with Gasteiger partial charge in [-0.25, -0.2) is 9.97 Å². The molecule has 1 aliphatic heterocycles. The molecule has 2 heterocycles. The molecule has 104 valence electrons. The molecule has 1 saturated heterocycles. The quantitative estimate of drug-likeness (QED) is 0.836. The predicted molar refractivity (Wildman–Crippen MR) is 72.1 cm³/mol. The van der Waals surface area contributed by atoms with Crippen LogP contribution in [0.5, 0.6) is 0 Å². The van der Waals surface area contributed by atoms with Crippen LogP contribution in [0, 0.1) is 0 Å². The van der Waals surface area contributed by atoms with E-state index in [0.29, 0.717) is 18.2 Å². The first-order valence-corrected chi connectivity index (χ1v) is 6.64. The minimum absolute atomic E-state index is 0.138. The van der Waals surface area contributed by atoms with Crippen LogP contribution in [-0.2, 0) is 4.74 Å². The van der Waals surface area contributed by atoms with Gasteiger partial charge in [0.1, 0.15) is 5.69 Å². The summed E-state index contributed by atoms with van der Waals surface area (Å²) >= 11 is 0. The average Bonchev–Trinajstić information content (AvgIpc) is 2.88. The fourth-order valence-corrected chi connectivity index (χ4v) is 1.92. The summed E-state index contributed by atoms with van der Waals surface area (Å²) in [5.41, 5.74) is 0.371. The van der Waals surface area contributed by atoms with Gasteiger partial charge in [0, 0.05) is 25.4 Å². The molecule has 0 spiro atoms. The molecule has 1 aliphatic rings. The number of nitrogens with one attached hydrogen (secondary N) is 2. The Balaban J connectivity index is 1.90. The van der Waals surface area contributed by atoms with Crippen molar-refractivity contribution in [3.63, 3.8) is 0 Å². The molecular weight excluding hydrogens is 244 g/mol. The van der Waals surface area contributed by atoms with Crippen molar-refractivity contribution in [2.24, 2.45) is 0 Å². The minimum atomic E-state index is -0.190. The number of rotatable bonds is 5. The number of carbonyl (C=O) groups is 1. The summed E-state index contributed by atoms with van der Waals surface area (Å²) in [6, 6.07) is 1.83. The van der Waals surface area contributed by atoms with Gasteiger partial charge in [0.05, 0.1) is 6.10 Å². The van der Waals surface area contributed by atoms with Gasteiger partial charge in [-0.3, -0.25) is 4.79 Å². The number of aromatic nitrogens is 2. The molecule has 0 saturated carbocycles. The molecule has 1 aromatic rings. The molecule has 6 heteroatoms. The summed E-state index contributed by atoms with van der Waals surface area (Å²) < 4.78 is 5.46. The molecule has 1 fully saturated rings. The van der Waals surface area contributed by atoms with Crippen LogP contribution in [-0.4, -0.2) is 41.2 Å². The maximum Gasteiger partial charge on any atom is 0.270 e. The molecule has 1 atom stereocenters. The number of nitrogens with zero attached hydrogens (tertiary/aromatic N) is 2. The van der Waals surface area contributed by atoms with E-state index in [-0.39, 0.29) is 18.1 Å². The highest BCUT2D eigenvalue weighted by Gasteiger charge is 2.17. The normalized spacial score (nSPS) is 18.6. The average molecular weight is 264 g/mol. The molecule has 19 heavy (non-hydrogen) atoms. The number of carbonyl (C=O) groups excluding carboxylic acids is 1. The molecule has 1 unspecified atom stereocenters. The Labute approximate surface area is 113 Å². The van der Waals surface area contributed by atoms with Crippen molar-refractivity contribution in [3.8, 4) is 0 Å². The van der Waals surface area contributed by atoms with E-state index in [4.69, 9.17) is 4.74 Å². The Kier molecular flexibility index (Phi) is 4.68. The van der Waals surface area contributed by atoms with Crippen LogP contribution in [0.4, 0.5) is 5.95 Å². The standard InChI is InChI=1S/C13H20N4O2/c1-9(2)16-13-14-6-5-11(17-13)12(18)15-8-10-4-3-7-19-10/h5-6,9-10H,3-4,7-8H2,1-2H3,(H,15,18)(H,14,16,17). The van der Waals surface area contributed by atoms with E-state index in [1.165, 1.54) is 0 Å². The molecule has 0 aromatic carbocycles. The predicted octanol–water partition coefficient (Wildman–Crippen LogP) is 1.21. The van der Waals surface area contributed by atoms with Crippen molar-refractivity contribution < 1.29 is 9.53 Å². The van der Waals surface area contributed by atoms with Gasteiger partial charge in [0.15, 0.2) is 0 Å². The lowest BCUT2D eigenvalue weighted by Crippen LogP contribution is -2.32. The maximum atomic E-state index is 12.0. The highest BCUT2D eigenvalue weighted by Crippen LogP contribution is 2.10. The van der Waals surface area contributed by atoms with Crippen LogP contribution in [0.15, 0.2) is 12.3 Å². The Bertz CT molecular complexity index is 430. The van der Waals surface area contributed by atoms with Crippen molar-refractivity contribution in [2.45, 2.75) is 38.8 Å². The summed E-state index contributed by atoms with van der Waals surface area (Å²) in [6.07, 6.45) is 3.79. The van der Waals surface area contributed by atoms with E-state index >= 15 is 0 Å². The summed E-state index contributed by atoms with van der Waals surface area (Å²) in [5.74, 6) is 0.282. The van der Waals surface area contributed by atoms with Crippen LogP contribution in [0.3, 0.4) is 0 Å². The Morgan fingerprint density at radius 3 is 3.11 bits per heavy atom. The number of hydrogen-bond acceptors (Lipinski definition) is 5. The Morgan fingerprint density at radius 1 is 1.58 bits per heavy atom. The first-order valence-electron chi connectivity index (χ1n) is 6.64. The largest absolute Gasteiger partial charge is 0.376 e. The zero-order valence-corrected chi connectivity index (χ0v) is 11.3. The van der Waals surface area contributed by atoms with Crippen LogP contribution in [0.25, 0.3) is 0 Å². The molecule has 0 bridgehead atoms. The second-order valence-corrected chi connectivity index (χ2v) is 4.91. The zero-order valence-electron chi connectivity index (χ0n) is 11.3. The first-order chi connectivity index (χ1) is 9.15. The Morgan fingerprint density at radius 2 is 2.42 bits per heavy atom. The van der Waals surface area contributed by atoms with Crippen molar-refractivity contribution in [1.29, 1.82) is 0 Å². The van der Waals surface area contributed by atoms with Crippen molar-refractivity contribution in [2.75, 3.05) is 18.5 Å². The first kappa shape index (κ1) is 13.7. The molecule has 2 rings (SSSR count). The third kappa shape index (κ3) is 4.17. The van der Waals surface area contributed by atoms with E-state index in [2.05, 4.69) is 20.6 Å². The van der Waals surface area contributed by atoms with Gasteiger partial charge in [0.2, 0.25) is 5.95 Å². The summed E-state index contributed by atoms with van der Waals surface area (Å²) in [6.45, 7) is 5.31. The van der Waals surface area contributed by atoms with Crippen LogP contribution in [0.1, 0.15) is 37.2 Å². The highest BCUT2D eigenvalue weighted by atomic mass is 16.5. The van der Waals surface area contributed by atoms with E-state index in [1.54, 1.807) is 12.3 Å². The van der Waals surface area contributed by atoms with Crippen LogP contribution < -0.4 is 10.6 Å². The topological polar surface area (TPSA) is 76.1 Å². The number of amides is 1. The summed E-state index contributed by atoms with van der Waals surface area (Å²) in [7, 11) is 0. The van der Waals surface area contributed by atoms with E-state index < -0.39 is 0 Å². The Hall–Kier alpha value is -1.69. The molecule has 0 radical (unpaired) electrons. The molecule has 2 N–H and O–H groups in total. The van der Waals surface area contributed by atoms with E-state index in [1.807, 2.05) is 13.8 Å². The molecular formula is C13H20N4O2. The fraction of sp³-hybridized carbons (Fsp3) is 0.615. The fourth-order valence-electron chi connectivity index (χ4n) is 1.92. The van der Waals surface area contributed by atoms with Gasteiger partial charge < -0.3 is 15.4 Å². The van der Waals surface area contributed by atoms with Gasteiger partial charge in [0.25, 0.3) is 5.91 Å². The lowest BCUT2D eigenvalue weighted by atomic mass is 10.2. The monoisotopic (exact) mass is 264 g/mol. The zero-order chi connectivity index (χ0) is 13.7. The van der Waals surface area contributed by atoms with Gasteiger partial charge in [-0.05, 0) is 32.8 Å². The van der Waals surface area contributed by atoms with E-state index in [0.717, 1.165) is 19.4 Å². The SMILES string of the molecule is CC(C)Nc1nccc(C(=O)NCC2CCCO2)n1. The third-order valence-electron chi connectivity index (χ3n) is 2.82. The van der Waals surface area contributed by atoms with Crippen molar-refractivity contribution in [1.82, 2.24) is 15.3 Å². The van der Waals surface area contributed by atoms with Gasteiger partial charge in [-0.2, -0.15) is 0 Å². The second kappa shape index (κ2) is 6.47. The minimum Gasteiger partial charge on any atom is -0.376 e. The van der Waals surface area contributed by atoms with Crippen molar-refractivity contribution in [3.05, 3.63) is 18.0 Å². The second-order valence-electron chi connectivity index (χ2n) is 4.91. The third-order valence-corrected chi connectivity index (χ3v) is 2.82. The summed E-state index contributed by atoms with van der Waals surface area (Å²) in [4.78, 5) is 20.2. The molecule has 6 nitrogen and oxygen atoms in total. The molecule has 1 aromatic heterocycles. The van der Waals surface area contributed by atoms with Crippen LogP contribution >= 0.6 is 0 Å². The molecule has 1 amide bonds. The van der Waals surface area contributed by atoms with Crippen molar-refractivity contribution >= 4 is 11.9 Å². The van der Waals surface area contributed by atoms with E-state index in [9.17, 15) is 4.79 Å². The van der Waals surface area contributed by atoms with Gasteiger partial charge in [-0.1, -0.05) is 0 Å². The lowest BCUT2D eigenvalue weighted by Gasteiger charge is -2.11. The van der Waals surface area contributed by atoms with Crippen LogP contribution in [0.2, 0.25) is 0 Å². The maximum absolute atomic E-state index is 12.0. The highest BCUT2D eigenvalue weighted by molar-refractivity contribution is 5.92. The summed E-state index contributed by atoms with van der Waals surface area (Å²) in [5, 5.41) is 5.91. The number of ether oxygens (including phenoxy) is 1.